The molecule has 1 heterocycles. The highest BCUT2D eigenvalue weighted by Crippen LogP contribution is 2.29. The maximum atomic E-state index is 13.0. The van der Waals surface area contributed by atoms with Crippen molar-refractivity contribution >= 4 is 5.91 Å². The van der Waals surface area contributed by atoms with Gasteiger partial charge in [0.2, 0.25) is 0 Å². The van der Waals surface area contributed by atoms with E-state index in [1.807, 2.05) is 61.5 Å². The zero-order chi connectivity index (χ0) is 30.3. The number of amides is 1. The first kappa shape index (κ1) is 29.0. The quantitative estimate of drug-likeness (QED) is 0.232. The molecule has 0 saturated heterocycles. The van der Waals surface area contributed by atoms with Crippen molar-refractivity contribution in [2.24, 2.45) is 0 Å². The first-order valence-corrected chi connectivity index (χ1v) is 13.5. The predicted octanol–water partition coefficient (Wildman–Crippen LogP) is 4.68. The van der Waals surface area contributed by atoms with Gasteiger partial charge < -0.3 is 24.1 Å². The van der Waals surface area contributed by atoms with E-state index in [0.29, 0.717) is 29.4 Å². The van der Waals surface area contributed by atoms with Gasteiger partial charge in [0, 0.05) is 5.56 Å². The molecule has 0 aliphatic rings. The zero-order valence-electron chi connectivity index (χ0n) is 24.0. The van der Waals surface area contributed by atoms with Gasteiger partial charge in [0.15, 0.2) is 0 Å². The fourth-order valence-corrected chi connectivity index (χ4v) is 4.77. The van der Waals surface area contributed by atoms with Gasteiger partial charge in [-0.15, -0.1) is 4.74 Å². The molecule has 1 amide bonds. The molecule has 0 atom stereocenters. The minimum Gasteiger partial charge on any atom is -0.496 e. The van der Waals surface area contributed by atoms with Gasteiger partial charge in [-0.1, -0.05) is 42.5 Å². The second-order valence-electron chi connectivity index (χ2n) is 9.83. The summed E-state index contributed by atoms with van der Waals surface area (Å²) in [4.78, 5) is 37.9. The molecule has 0 unspecified atom stereocenters. The van der Waals surface area contributed by atoms with Crippen molar-refractivity contribution < 1.29 is 23.5 Å². The molecule has 0 aliphatic carbocycles. The fraction of sp³-hybridized carbons (Fsp3) is 0.182. The number of hydrogen-bond acceptors (Lipinski definition) is 7. The molecule has 10 heteroatoms. The van der Waals surface area contributed by atoms with Crippen LogP contribution in [-0.4, -0.2) is 29.9 Å². The van der Waals surface area contributed by atoms with E-state index in [9.17, 15) is 14.4 Å². The number of H-pyrrole nitrogens is 1. The molecule has 43 heavy (non-hydrogen) atoms. The minimum atomic E-state index is -0.787. The van der Waals surface area contributed by atoms with Crippen molar-refractivity contribution in [2.45, 2.75) is 26.6 Å². The lowest BCUT2D eigenvalue weighted by molar-refractivity contribution is 0.0950. The lowest BCUT2D eigenvalue weighted by atomic mass is 9.97. The Hall–Kier alpha value is -5.51. The SMILES string of the molecule is COc1cccc(OC)c1CNC(=O)c1ccc(-c2cccc(COc3ccc(Cn4oc(=O)[nH]c4=O)cc3)c2)c(C)c1. The molecule has 0 saturated carbocycles. The monoisotopic (exact) mass is 581 g/mol. The summed E-state index contributed by atoms with van der Waals surface area (Å²) < 4.78 is 22.6. The Morgan fingerprint density at radius 2 is 1.60 bits per heavy atom. The van der Waals surface area contributed by atoms with Crippen LogP contribution < -0.4 is 31.0 Å². The van der Waals surface area contributed by atoms with Crippen molar-refractivity contribution in [2.75, 3.05) is 14.2 Å². The van der Waals surface area contributed by atoms with Gasteiger partial charge in [-0.2, -0.15) is 0 Å². The molecule has 0 aliphatic heterocycles. The lowest BCUT2D eigenvalue weighted by Crippen LogP contribution is -2.23. The minimum absolute atomic E-state index is 0.135. The third-order valence-electron chi connectivity index (χ3n) is 6.97. The van der Waals surface area contributed by atoms with Crippen LogP contribution in [0.2, 0.25) is 0 Å². The van der Waals surface area contributed by atoms with E-state index in [-0.39, 0.29) is 19.0 Å². The second-order valence-corrected chi connectivity index (χ2v) is 9.83. The second kappa shape index (κ2) is 13.0. The zero-order valence-corrected chi connectivity index (χ0v) is 24.0. The van der Waals surface area contributed by atoms with Gasteiger partial charge in [0.1, 0.15) is 23.9 Å². The van der Waals surface area contributed by atoms with E-state index in [1.165, 1.54) is 0 Å². The number of rotatable bonds is 11. The summed E-state index contributed by atoms with van der Waals surface area (Å²) in [6.45, 7) is 2.73. The van der Waals surface area contributed by atoms with Crippen molar-refractivity contribution in [1.29, 1.82) is 0 Å². The molecule has 0 fully saturated rings. The van der Waals surface area contributed by atoms with Crippen LogP contribution >= 0.6 is 0 Å². The Morgan fingerprint density at radius 1 is 0.884 bits per heavy atom. The Morgan fingerprint density at radius 3 is 2.26 bits per heavy atom. The average molecular weight is 582 g/mol. The number of aromatic nitrogens is 2. The summed E-state index contributed by atoms with van der Waals surface area (Å²) in [5.74, 6) is 0.975. The van der Waals surface area contributed by atoms with Crippen LogP contribution in [0.1, 0.15) is 32.6 Å². The predicted molar refractivity (Wildman–Crippen MR) is 161 cm³/mol. The highest BCUT2D eigenvalue weighted by atomic mass is 16.5. The van der Waals surface area contributed by atoms with Crippen LogP contribution in [0.3, 0.4) is 0 Å². The largest absolute Gasteiger partial charge is 0.496 e. The Balaban J connectivity index is 1.21. The molecule has 5 rings (SSSR count). The third-order valence-corrected chi connectivity index (χ3v) is 6.97. The summed E-state index contributed by atoms with van der Waals surface area (Å²) in [5, 5.41) is 2.96. The van der Waals surface area contributed by atoms with Gasteiger partial charge in [-0.25, -0.2) is 14.6 Å². The van der Waals surface area contributed by atoms with Crippen LogP contribution in [0.15, 0.2) is 99.0 Å². The molecule has 2 N–H and O–H groups in total. The summed E-state index contributed by atoms with van der Waals surface area (Å²) in [5.41, 5.74) is 5.49. The Labute approximate surface area is 247 Å². The van der Waals surface area contributed by atoms with Gasteiger partial charge in [-0.3, -0.25) is 4.79 Å². The molecule has 0 spiro atoms. The van der Waals surface area contributed by atoms with Gasteiger partial charge in [0.05, 0.1) is 32.9 Å². The molecule has 10 nitrogen and oxygen atoms in total. The van der Waals surface area contributed by atoms with E-state index in [4.69, 9.17) is 18.7 Å². The van der Waals surface area contributed by atoms with E-state index in [1.54, 1.807) is 38.5 Å². The van der Waals surface area contributed by atoms with Gasteiger partial charge in [-0.05, 0) is 77.2 Å². The number of ether oxygens (including phenoxy) is 3. The number of hydrogen-bond donors (Lipinski definition) is 2. The number of carbonyl (C=O) groups is 1. The van der Waals surface area contributed by atoms with Gasteiger partial charge in [0.25, 0.3) is 5.91 Å². The lowest BCUT2D eigenvalue weighted by Gasteiger charge is -2.14. The van der Waals surface area contributed by atoms with E-state index in [2.05, 4.69) is 16.4 Å². The standard InChI is InChI=1S/C33H31N3O7/c1-21-16-25(31(37)34-18-28-29(40-2)8-5-9-30(28)41-3)12-15-27(21)24-7-4-6-23(17-24)20-42-26-13-10-22(11-14-26)19-36-32(38)35-33(39)43-36/h4-17H,18-20H2,1-3H3,(H,34,37)(H,35,38,39). The van der Waals surface area contributed by atoms with Crippen molar-refractivity contribution in [3.05, 3.63) is 134 Å². The number of carbonyl (C=O) groups excluding carboxylic acids is 1. The normalized spacial score (nSPS) is 10.8. The smallest absolute Gasteiger partial charge is 0.440 e. The summed E-state index contributed by atoms with van der Waals surface area (Å²) in [7, 11) is 3.17. The van der Waals surface area contributed by atoms with Crippen LogP contribution in [0.25, 0.3) is 11.1 Å². The molecular weight excluding hydrogens is 550 g/mol. The Bertz CT molecular complexity index is 1830. The van der Waals surface area contributed by atoms with E-state index < -0.39 is 11.4 Å². The first-order valence-electron chi connectivity index (χ1n) is 13.5. The van der Waals surface area contributed by atoms with Crippen LogP contribution in [-0.2, 0) is 19.7 Å². The number of aryl methyl sites for hydroxylation is 1. The summed E-state index contributed by atoms with van der Waals surface area (Å²) in [6, 6.07) is 26.4. The number of nitrogens with one attached hydrogen (secondary N) is 2. The van der Waals surface area contributed by atoms with Crippen LogP contribution in [0.4, 0.5) is 0 Å². The topological polar surface area (TPSA) is 125 Å². The molecule has 1 aromatic heterocycles. The van der Waals surface area contributed by atoms with Crippen molar-refractivity contribution in [3.63, 3.8) is 0 Å². The average Bonchev–Trinajstić information content (AvgIpc) is 3.34. The maximum absolute atomic E-state index is 13.0. The molecular formula is C33H31N3O7. The summed E-state index contributed by atoms with van der Waals surface area (Å²) >= 11 is 0. The number of aromatic amines is 1. The molecule has 5 aromatic rings. The number of methoxy groups -OCH3 is 2. The van der Waals surface area contributed by atoms with E-state index >= 15 is 0 Å². The Kier molecular flexibility index (Phi) is 8.76. The van der Waals surface area contributed by atoms with Crippen LogP contribution in [0.5, 0.6) is 17.2 Å². The molecule has 0 radical (unpaired) electrons. The fourth-order valence-electron chi connectivity index (χ4n) is 4.77. The van der Waals surface area contributed by atoms with Gasteiger partial charge >= 0.3 is 11.4 Å². The first-order chi connectivity index (χ1) is 20.8. The van der Waals surface area contributed by atoms with Crippen molar-refractivity contribution in [3.8, 4) is 28.4 Å². The van der Waals surface area contributed by atoms with E-state index in [0.717, 1.165) is 38.1 Å². The van der Waals surface area contributed by atoms with Crippen molar-refractivity contribution in [1.82, 2.24) is 15.0 Å². The third kappa shape index (κ3) is 6.87. The summed E-state index contributed by atoms with van der Waals surface area (Å²) in [6.07, 6.45) is 0. The number of nitrogens with zero attached hydrogens (tertiary/aromatic N) is 1. The molecule has 0 bridgehead atoms. The van der Waals surface area contributed by atoms with Crippen LogP contribution in [0, 0.1) is 6.92 Å². The highest BCUT2D eigenvalue weighted by molar-refractivity contribution is 5.95. The molecule has 4 aromatic carbocycles. The number of benzene rings is 4. The highest BCUT2D eigenvalue weighted by Gasteiger charge is 2.14. The molecule has 220 valence electrons. The maximum Gasteiger partial charge on any atom is 0.440 e.